The highest BCUT2D eigenvalue weighted by Gasteiger charge is 2.40. The quantitative estimate of drug-likeness (QED) is 0.548. The highest BCUT2D eigenvalue weighted by molar-refractivity contribution is 7.99. The van der Waals surface area contributed by atoms with Gasteiger partial charge in [0.25, 0.3) is 0 Å². The van der Waals surface area contributed by atoms with Crippen molar-refractivity contribution in [1.82, 2.24) is 15.5 Å². The first-order valence-corrected chi connectivity index (χ1v) is 11.7. The van der Waals surface area contributed by atoms with Crippen LogP contribution in [0.2, 0.25) is 0 Å². The number of nitrogens with one attached hydrogen (secondary N) is 2. The fourth-order valence-electron chi connectivity index (χ4n) is 3.60. The number of morpholine rings is 1. The summed E-state index contributed by atoms with van der Waals surface area (Å²) < 4.78 is 5.56. The zero-order valence-corrected chi connectivity index (χ0v) is 17.6. The van der Waals surface area contributed by atoms with E-state index in [0.717, 1.165) is 51.9 Å². The number of rotatable bonds is 7. The molecule has 5 nitrogen and oxygen atoms in total. The van der Waals surface area contributed by atoms with Crippen LogP contribution in [-0.2, 0) is 4.74 Å². The number of thioether (sulfide) groups is 1. The van der Waals surface area contributed by atoms with Gasteiger partial charge in [0.15, 0.2) is 5.96 Å². The fourth-order valence-corrected chi connectivity index (χ4v) is 5.85. The summed E-state index contributed by atoms with van der Waals surface area (Å²) in [5.74, 6) is 3.86. The number of ether oxygens (including phenoxy) is 1. The third-order valence-corrected chi connectivity index (χ3v) is 7.58. The Bertz CT molecular complexity index is 552. The number of aliphatic imine (C=N–C) groups is 1. The van der Waals surface area contributed by atoms with Crippen LogP contribution in [0.15, 0.2) is 22.5 Å². The minimum absolute atomic E-state index is 0.205. The van der Waals surface area contributed by atoms with Crippen LogP contribution in [0.25, 0.3) is 0 Å². The van der Waals surface area contributed by atoms with E-state index in [1.165, 1.54) is 22.8 Å². The molecule has 2 aliphatic heterocycles. The van der Waals surface area contributed by atoms with Gasteiger partial charge in [-0.3, -0.25) is 9.89 Å². The van der Waals surface area contributed by atoms with Gasteiger partial charge in [0.2, 0.25) is 0 Å². The van der Waals surface area contributed by atoms with Crippen molar-refractivity contribution >= 4 is 29.1 Å². The van der Waals surface area contributed by atoms with Crippen molar-refractivity contribution in [3.05, 3.63) is 22.4 Å². The lowest BCUT2D eigenvalue weighted by Crippen LogP contribution is -2.56. The Kier molecular flexibility index (Phi) is 7.66. The first kappa shape index (κ1) is 20.0. The summed E-state index contributed by atoms with van der Waals surface area (Å²) in [7, 11) is 0. The van der Waals surface area contributed by atoms with Gasteiger partial charge >= 0.3 is 0 Å². The molecule has 2 unspecified atom stereocenters. The van der Waals surface area contributed by atoms with Crippen molar-refractivity contribution in [3.63, 3.8) is 0 Å². The summed E-state index contributed by atoms with van der Waals surface area (Å²) in [6.07, 6.45) is 1.23. The largest absolute Gasteiger partial charge is 0.379 e. The molecule has 26 heavy (non-hydrogen) atoms. The topological polar surface area (TPSA) is 48.9 Å². The molecular formula is C19H32N4OS2. The first-order chi connectivity index (χ1) is 12.7. The molecule has 0 amide bonds. The van der Waals surface area contributed by atoms with Crippen molar-refractivity contribution in [2.24, 2.45) is 4.99 Å². The minimum Gasteiger partial charge on any atom is -0.379 e. The highest BCUT2D eigenvalue weighted by atomic mass is 32.2. The fraction of sp³-hybridized carbons (Fsp3) is 0.737. The lowest BCUT2D eigenvalue weighted by atomic mass is 9.96. The van der Waals surface area contributed by atoms with E-state index in [1.54, 1.807) is 0 Å². The average molecular weight is 397 g/mol. The molecule has 7 heteroatoms. The van der Waals surface area contributed by atoms with E-state index in [1.807, 2.05) is 11.3 Å². The predicted octanol–water partition coefficient (Wildman–Crippen LogP) is 2.61. The van der Waals surface area contributed by atoms with Crippen molar-refractivity contribution in [2.45, 2.75) is 31.7 Å². The van der Waals surface area contributed by atoms with Crippen molar-refractivity contribution in [3.8, 4) is 0 Å². The molecule has 2 aliphatic rings. The Labute approximate surface area is 166 Å². The number of hydrogen-bond donors (Lipinski definition) is 2. The number of hydrogen-bond acceptors (Lipinski definition) is 5. The van der Waals surface area contributed by atoms with Gasteiger partial charge in [-0.25, -0.2) is 0 Å². The van der Waals surface area contributed by atoms with E-state index in [-0.39, 0.29) is 5.54 Å². The van der Waals surface area contributed by atoms with E-state index in [0.29, 0.717) is 5.92 Å². The highest BCUT2D eigenvalue weighted by Crippen LogP contribution is 2.34. The Morgan fingerprint density at radius 1 is 1.38 bits per heavy atom. The van der Waals surface area contributed by atoms with Crippen LogP contribution < -0.4 is 10.6 Å². The van der Waals surface area contributed by atoms with Gasteiger partial charge in [-0.15, -0.1) is 11.3 Å². The summed E-state index contributed by atoms with van der Waals surface area (Å²) in [4.78, 5) is 9.04. The van der Waals surface area contributed by atoms with Crippen LogP contribution in [0.3, 0.4) is 0 Å². The smallest absolute Gasteiger partial charge is 0.191 e. The summed E-state index contributed by atoms with van der Waals surface area (Å²) in [5, 5.41) is 9.12. The molecule has 0 radical (unpaired) electrons. The Morgan fingerprint density at radius 2 is 2.23 bits per heavy atom. The molecule has 0 spiro atoms. The van der Waals surface area contributed by atoms with Crippen LogP contribution >= 0.6 is 23.1 Å². The van der Waals surface area contributed by atoms with Gasteiger partial charge in [-0.2, -0.15) is 11.8 Å². The summed E-state index contributed by atoms with van der Waals surface area (Å²) >= 11 is 3.89. The maximum Gasteiger partial charge on any atom is 0.191 e. The lowest BCUT2D eigenvalue weighted by Gasteiger charge is -2.42. The Hall–Kier alpha value is -0.760. The molecule has 0 bridgehead atoms. The van der Waals surface area contributed by atoms with Crippen LogP contribution in [0.4, 0.5) is 0 Å². The second kappa shape index (κ2) is 9.97. The van der Waals surface area contributed by atoms with Crippen molar-refractivity contribution in [1.29, 1.82) is 0 Å². The molecule has 2 fully saturated rings. The lowest BCUT2D eigenvalue weighted by molar-refractivity contribution is -0.0104. The molecule has 146 valence electrons. The number of nitrogens with zero attached hydrogens (tertiary/aromatic N) is 2. The summed E-state index contributed by atoms with van der Waals surface area (Å²) in [6.45, 7) is 10.8. The van der Waals surface area contributed by atoms with E-state index < -0.39 is 0 Å². The normalized spacial score (nSPS) is 26.0. The van der Waals surface area contributed by atoms with Gasteiger partial charge < -0.3 is 15.4 Å². The molecule has 2 saturated heterocycles. The van der Waals surface area contributed by atoms with Gasteiger partial charge in [-0.05, 0) is 30.5 Å². The first-order valence-electron chi connectivity index (χ1n) is 9.69. The van der Waals surface area contributed by atoms with Crippen LogP contribution in [0.5, 0.6) is 0 Å². The zero-order valence-electron chi connectivity index (χ0n) is 16.0. The van der Waals surface area contributed by atoms with Crippen LogP contribution in [-0.4, -0.2) is 73.8 Å². The van der Waals surface area contributed by atoms with Gasteiger partial charge in [0, 0.05) is 42.7 Å². The van der Waals surface area contributed by atoms with Crippen LogP contribution in [0.1, 0.15) is 31.1 Å². The van der Waals surface area contributed by atoms with Gasteiger partial charge in [0.05, 0.1) is 25.3 Å². The third-order valence-electron chi connectivity index (χ3n) is 5.24. The van der Waals surface area contributed by atoms with Crippen LogP contribution in [0, 0.1) is 0 Å². The second-order valence-corrected chi connectivity index (χ2v) is 9.20. The average Bonchev–Trinajstić information content (AvgIpc) is 3.37. The zero-order chi connectivity index (χ0) is 18.2. The van der Waals surface area contributed by atoms with Crippen molar-refractivity contribution in [2.75, 3.05) is 57.4 Å². The minimum atomic E-state index is 0.205. The number of guanidine groups is 1. The van der Waals surface area contributed by atoms with E-state index in [4.69, 9.17) is 9.73 Å². The second-order valence-electron chi connectivity index (χ2n) is 7.12. The summed E-state index contributed by atoms with van der Waals surface area (Å²) in [6, 6.07) is 4.34. The van der Waals surface area contributed by atoms with E-state index in [9.17, 15) is 0 Å². The van der Waals surface area contributed by atoms with Gasteiger partial charge in [-0.1, -0.05) is 13.0 Å². The maximum atomic E-state index is 5.56. The van der Waals surface area contributed by atoms with Crippen molar-refractivity contribution < 1.29 is 4.74 Å². The van der Waals surface area contributed by atoms with Gasteiger partial charge in [0.1, 0.15) is 0 Å². The Morgan fingerprint density at radius 3 is 2.88 bits per heavy atom. The summed E-state index contributed by atoms with van der Waals surface area (Å²) in [5.41, 5.74) is 0.205. The molecule has 2 atom stereocenters. The molecule has 3 heterocycles. The molecule has 1 aromatic rings. The van der Waals surface area contributed by atoms with E-state index in [2.05, 4.69) is 58.7 Å². The monoisotopic (exact) mass is 396 g/mol. The standard InChI is InChI=1S/C19H32N4OS2/c1-3-20-18(21-13-16(2)17-5-4-11-26-17)22-14-19(6-12-25-15-19)23-7-9-24-10-8-23/h4-5,11,16H,3,6-10,12-15H2,1-2H3,(H2,20,21,22). The third kappa shape index (κ3) is 5.15. The molecular weight excluding hydrogens is 364 g/mol. The predicted molar refractivity (Wildman–Crippen MR) is 114 cm³/mol. The molecule has 0 aliphatic carbocycles. The Balaban J connectivity index is 1.61. The van der Waals surface area contributed by atoms with E-state index >= 15 is 0 Å². The SMILES string of the molecule is CCNC(=NCC1(N2CCOCC2)CCSC1)NCC(C)c1cccs1. The molecule has 0 aromatic carbocycles. The maximum absolute atomic E-state index is 5.56. The molecule has 1 aromatic heterocycles. The molecule has 0 saturated carbocycles. The number of thiophene rings is 1. The molecule has 3 rings (SSSR count). The molecule has 2 N–H and O–H groups in total.